The van der Waals surface area contributed by atoms with Crippen molar-refractivity contribution in [3.63, 3.8) is 0 Å². The molecule has 2 fully saturated rings. The van der Waals surface area contributed by atoms with Gasteiger partial charge in [-0.2, -0.15) is 18.3 Å². The number of ether oxygens (including phenoxy) is 1. The molecule has 0 saturated carbocycles. The van der Waals surface area contributed by atoms with E-state index in [1.54, 1.807) is 9.80 Å². The fourth-order valence-electron chi connectivity index (χ4n) is 5.98. The second-order valence-corrected chi connectivity index (χ2v) is 13.1. The number of nitrogens with one attached hydrogen (secondary N) is 1. The highest BCUT2D eigenvalue weighted by atomic mass is 35.5. The summed E-state index contributed by atoms with van der Waals surface area (Å²) in [5, 5.41) is 6.42. The Morgan fingerprint density at radius 3 is 2.40 bits per heavy atom. The maximum Gasteiger partial charge on any atom is 0.435 e. The van der Waals surface area contributed by atoms with E-state index in [1.165, 1.54) is 48.1 Å². The van der Waals surface area contributed by atoms with Gasteiger partial charge in [0.25, 0.3) is 17.7 Å². The summed E-state index contributed by atoms with van der Waals surface area (Å²) >= 11 is 6.49. The fraction of sp³-hybridized carbons (Fsp3) is 0.375. The van der Waals surface area contributed by atoms with E-state index in [2.05, 4.69) is 20.4 Å². The number of rotatable bonds is 6. The molecule has 0 unspecified atom stereocenters. The van der Waals surface area contributed by atoms with Crippen molar-refractivity contribution in [2.24, 2.45) is 7.05 Å². The number of piperazine rings is 1. The number of halogens is 4. The minimum absolute atomic E-state index is 0.00564. The number of nitrogen functional groups attached to an aromatic ring is 1. The quantitative estimate of drug-likeness (QED) is 0.289. The maximum absolute atomic E-state index is 14.0. The van der Waals surface area contributed by atoms with Crippen LogP contribution in [0.5, 0.6) is 0 Å². The van der Waals surface area contributed by atoms with Crippen LogP contribution in [-0.2, 0) is 22.8 Å². The van der Waals surface area contributed by atoms with Crippen LogP contribution >= 0.6 is 11.6 Å². The Morgan fingerprint density at radius 1 is 1.04 bits per heavy atom. The molecule has 264 valence electrons. The van der Waals surface area contributed by atoms with Crippen LogP contribution in [0.25, 0.3) is 17.1 Å². The van der Waals surface area contributed by atoms with Crippen molar-refractivity contribution >= 4 is 40.7 Å². The molecule has 2 aliphatic rings. The van der Waals surface area contributed by atoms with Gasteiger partial charge in [-0.1, -0.05) is 11.6 Å². The summed E-state index contributed by atoms with van der Waals surface area (Å²) in [4.78, 5) is 51.3. The monoisotopic (exact) mass is 715 g/mol. The Hall–Kier alpha value is -5.00. The van der Waals surface area contributed by atoms with E-state index < -0.39 is 17.8 Å². The molecule has 5 heterocycles. The van der Waals surface area contributed by atoms with Gasteiger partial charge in [0.05, 0.1) is 60.6 Å². The smallest absolute Gasteiger partial charge is 0.397 e. The number of hydrogen-bond acceptors (Lipinski definition) is 8. The lowest BCUT2D eigenvalue weighted by Gasteiger charge is -2.43. The number of nitrogens with zero attached hydrogens (tertiary/aromatic N) is 8. The number of imidazole rings is 1. The number of carbonyl (C=O) groups is 3. The zero-order chi connectivity index (χ0) is 36.0. The number of nitrogens with two attached hydrogens (primary N) is 1. The van der Waals surface area contributed by atoms with Crippen molar-refractivity contribution in [2.75, 3.05) is 71.1 Å². The summed E-state index contributed by atoms with van der Waals surface area (Å²) < 4.78 is 50.3. The van der Waals surface area contributed by atoms with Crippen LogP contribution in [0, 0.1) is 0 Å². The molecule has 3 N–H and O–H groups in total. The van der Waals surface area contributed by atoms with Gasteiger partial charge in [0, 0.05) is 45.1 Å². The molecule has 0 radical (unpaired) electrons. The average Bonchev–Trinajstić information content (AvgIpc) is 3.68. The minimum Gasteiger partial charge on any atom is -0.397 e. The Kier molecular flexibility index (Phi) is 9.32. The molecule has 18 heteroatoms. The van der Waals surface area contributed by atoms with Crippen LogP contribution in [0.1, 0.15) is 26.7 Å². The van der Waals surface area contributed by atoms with Gasteiger partial charge in [-0.05, 0) is 30.3 Å². The normalized spacial score (nSPS) is 17.9. The number of pyridine rings is 1. The van der Waals surface area contributed by atoms with E-state index in [0.29, 0.717) is 49.6 Å². The Balaban J connectivity index is 1.12. The average molecular weight is 716 g/mol. The summed E-state index contributed by atoms with van der Waals surface area (Å²) in [6.45, 7) is 3.12. The summed E-state index contributed by atoms with van der Waals surface area (Å²) in [6.07, 6.45) is -1.22. The third kappa shape index (κ3) is 6.88. The molecule has 3 aromatic heterocycles. The zero-order valence-electron chi connectivity index (χ0n) is 27.4. The molecule has 3 amide bonds. The molecule has 0 bridgehead atoms. The van der Waals surface area contributed by atoms with Crippen molar-refractivity contribution < 1.29 is 36.8 Å². The second-order valence-electron chi connectivity index (χ2n) is 12.7. The Labute approximate surface area is 289 Å². The molecular formula is C32H35ClF3N10O4+. The van der Waals surface area contributed by atoms with Gasteiger partial charge in [0.15, 0.2) is 23.4 Å². The predicted molar refractivity (Wildman–Crippen MR) is 176 cm³/mol. The molecule has 2 saturated heterocycles. The van der Waals surface area contributed by atoms with Crippen LogP contribution in [0.3, 0.4) is 0 Å². The van der Waals surface area contributed by atoms with Gasteiger partial charge < -0.3 is 34.6 Å². The van der Waals surface area contributed by atoms with Crippen molar-refractivity contribution in [1.29, 1.82) is 0 Å². The van der Waals surface area contributed by atoms with Crippen LogP contribution in [-0.4, -0.2) is 122 Å². The van der Waals surface area contributed by atoms with E-state index in [-0.39, 0.29) is 57.0 Å². The first-order valence-corrected chi connectivity index (χ1v) is 16.0. The standard InChI is InChI=1S/C32H34ClF3N10O4/c1-42-24(22-17-45(41-27(22)32(34,35)36)26-7-4-19(37)15-38-26)16-39-28(42)29(47)40-20-5-6-21(23(33)14-20)30(48)43-8-10-44(11-9-43)31(49)25-18-50-13-12-46(25,2)3/h4-7,14-17,25H,8-13,18,37H2,1-3H3/p+1/t25-/m0/s1. The molecule has 14 nitrogen and oxygen atoms in total. The fourth-order valence-corrected chi connectivity index (χ4v) is 6.24. The van der Waals surface area contributed by atoms with Gasteiger partial charge in [0.2, 0.25) is 0 Å². The van der Waals surface area contributed by atoms with Gasteiger partial charge in [-0.25, -0.2) is 14.6 Å². The SMILES string of the molecule is Cn1c(-c2cn(-c3ccc(N)cn3)nc2C(F)(F)F)cnc1C(=O)Nc1ccc(C(=O)N2CCN(C(=O)[C@@H]3COCC[N+]3(C)C)CC2)c(Cl)c1. The highest BCUT2D eigenvalue weighted by molar-refractivity contribution is 6.34. The predicted octanol–water partition coefficient (Wildman–Crippen LogP) is 2.93. The maximum atomic E-state index is 14.0. The molecular weight excluding hydrogens is 681 g/mol. The number of likely N-dealkylation sites (N-methyl/N-ethyl adjacent to an activating group) is 1. The number of quaternary nitrogens is 1. The van der Waals surface area contributed by atoms with E-state index in [4.69, 9.17) is 22.1 Å². The van der Waals surface area contributed by atoms with Crippen LogP contribution in [0.4, 0.5) is 24.5 Å². The number of alkyl halides is 3. The number of morpholine rings is 1. The number of benzene rings is 1. The Bertz CT molecular complexity index is 1930. The third-order valence-electron chi connectivity index (χ3n) is 9.01. The van der Waals surface area contributed by atoms with Crippen LogP contribution in [0.2, 0.25) is 5.02 Å². The highest BCUT2D eigenvalue weighted by Gasteiger charge is 2.42. The van der Waals surface area contributed by atoms with Gasteiger partial charge in [0.1, 0.15) is 13.2 Å². The lowest BCUT2D eigenvalue weighted by atomic mass is 10.1. The lowest BCUT2D eigenvalue weighted by molar-refractivity contribution is -0.914. The number of hydrogen-bond donors (Lipinski definition) is 2. The number of carbonyl (C=O) groups excluding carboxylic acids is 3. The highest BCUT2D eigenvalue weighted by Crippen LogP contribution is 2.37. The van der Waals surface area contributed by atoms with Crippen LogP contribution in [0.15, 0.2) is 48.9 Å². The van der Waals surface area contributed by atoms with E-state index >= 15 is 0 Å². The van der Waals surface area contributed by atoms with Crippen molar-refractivity contribution in [3.8, 4) is 17.1 Å². The number of amides is 3. The molecule has 1 atom stereocenters. The van der Waals surface area contributed by atoms with Gasteiger partial charge >= 0.3 is 6.18 Å². The molecule has 4 aromatic rings. The molecule has 50 heavy (non-hydrogen) atoms. The summed E-state index contributed by atoms with van der Waals surface area (Å²) in [5.74, 6) is -1.11. The van der Waals surface area contributed by atoms with Crippen molar-refractivity contribution in [1.82, 2.24) is 34.1 Å². The minimum atomic E-state index is -4.82. The number of anilines is 2. The molecule has 1 aromatic carbocycles. The molecule has 2 aliphatic heterocycles. The van der Waals surface area contributed by atoms with Crippen molar-refractivity contribution in [3.05, 3.63) is 71.0 Å². The lowest BCUT2D eigenvalue weighted by Crippen LogP contribution is -2.64. The largest absolute Gasteiger partial charge is 0.435 e. The van der Waals surface area contributed by atoms with Gasteiger partial charge in [-0.15, -0.1) is 0 Å². The molecule has 6 rings (SSSR count). The summed E-state index contributed by atoms with van der Waals surface area (Å²) in [7, 11) is 5.43. The molecule has 0 spiro atoms. The van der Waals surface area contributed by atoms with E-state index in [0.717, 1.165) is 23.6 Å². The third-order valence-corrected chi connectivity index (χ3v) is 9.32. The first-order valence-electron chi connectivity index (χ1n) is 15.6. The van der Waals surface area contributed by atoms with Gasteiger partial charge in [-0.3, -0.25) is 14.4 Å². The van der Waals surface area contributed by atoms with E-state index in [1.807, 2.05) is 14.1 Å². The van der Waals surface area contributed by atoms with Crippen LogP contribution < -0.4 is 11.1 Å². The van der Waals surface area contributed by atoms with Crippen molar-refractivity contribution in [2.45, 2.75) is 12.2 Å². The summed E-state index contributed by atoms with van der Waals surface area (Å²) in [6, 6.07) is 7.00. The second kappa shape index (κ2) is 13.4. The topological polar surface area (TPSA) is 153 Å². The first-order chi connectivity index (χ1) is 23.6. The first kappa shape index (κ1) is 34.8. The molecule has 0 aliphatic carbocycles. The summed E-state index contributed by atoms with van der Waals surface area (Å²) in [5.41, 5.74) is 4.92. The van der Waals surface area contributed by atoms with E-state index in [9.17, 15) is 27.6 Å². The Morgan fingerprint density at radius 2 is 1.76 bits per heavy atom. The zero-order valence-corrected chi connectivity index (χ0v) is 28.2. The number of aromatic nitrogens is 5.